The van der Waals surface area contributed by atoms with Gasteiger partial charge in [0.1, 0.15) is 17.6 Å². The molecule has 8 nitrogen and oxygen atoms in total. The first kappa shape index (κ1) is 23.9. The lowest BCUT2D eigenvalue weighted by atomic mass is 9.88. The number of hydrogen-bond donors (Lipinski definition) is 3. The van der Waals surface area contributed by atoms with Gasteiger partial charge in [0, 0.05) is 12.2 Å². The van der Waals surface area contributed by atoms with E-state index in [4.69, 9.17) is 5.11 Å². The number of nitrogens with one attached hydrogen (secondary N) is 2. The highest BCUT2D eigenvalue weighted by atomic mass is 19.1. The maximum absolute atomic E-state index is 14.8. The number of amides is 2. The smallest absolute Gasteiger partial charge is 0.310 e. The molecular formula is C25H31FN4O4. The third-order valence-corrected chi connectivity index (χ3v) is 6.80. The van der Waals surface area contributed by atoms with E-state index >= 15 is 0 Å². The van der Waals surface area contributed by atoms with E-state index in [-0.39, 0.29) is 23.6 Å². The van der Waals surface area contributed by atoms with Crippen LogP contribution in [0.4, 0.5) is 10.1 Å². The number of rotatable bonds is 10. The third-order valence-electron chi connectivity index (χ3n) is 6.80. The van der Waals surface area contributed by atoms with Crippen molar-refractivity contribution in [1.82, 2.24) is 15.1 Å². The molecule has 4 rings (SSSR count). The number of carboxylic acids is 1. The number of carbonyl (C=O) groups excluding carboxylic acids is 2. The van der Waals surface area contributed by atoms with Crippen LogP contribution in [0.15, 0.2) is 30.5 Å². The summed E-state index contributed by atoms with van der Waals surface area (Å²) in [6.45, 7) is 5.31. The minimum Gasteiger partial charge on any atom is -0.481 e. The summed E-state index contributed by atoms with van der Waals surface area (Å²) in [6.07, 6.45) is 5.61. The van der Waals surface area contributed by atoms with Crippen molar-refractivity contribution in [2.24, 2.45) is 17.8 Å². The number of aliphatic carboxylic acids is 1. The second-order valence-corrected chi connectivity index (χ2v) is 9.75. The van der Waals surface area contributed by atoms with E-state index in [1.165, 1.54) is 19.1 Å². The van der Waals surface area contributed by atoms with E-state index in [1.807, 2.05) is 13.8 Å². The zero-order valence-corrected chi connectivity index (χ0v) is 19.6. The van der Waals surface area contributed by atoms with Gasteiger partial charge in [-0.1, -0.05) is 6.07 Å². The molecule has 0 spiro atoms. The molecule has 2 aromatic rings. The Balaban J connectivity index is 1.57. The summed E-state index contributed by atoms with van der Waals surface area (Å²) in [5, 5.41) is 18.9. The normalized spacial score (nSPS) is 17.5. The van der Waals surface area contributed by atoms with Gasteiger partial charge in [-0.25, -0.2) is 4.39 Å². The van der Waals surface area contributed by atoms with Gasteiger partial charge in [0.15, 0.2) is 0 Å². The molecule has 0 saturated heterocycles. The van der Waals surface area contributed by atoms with Crippen molar-refractivity contribution in [2.45, 2.75) is 64.5 Å². The van der Waals surface area contributed by atoms with E-state index in [0.29, 0.717) is 23.1 Å². The molecule has 0 radical (unpaired) electrons. The third kappa shape index (κ3) is 5.13. The molecule has 34 heavy (non-hydrogen) atoms. The minimum atomic E-state index is -1.06. The molecule has 1 aromatic carbocycles. The van der Waals surface area contributed by atoms with Crippen molar-refractivity contribution < 1.29 is 23.9 Å². The second kappa shape index (κ2) is 9.56. The Morgan fingerprint density at radius 3 is 2.26 bits per heavy atom. The second-order valence-electron chi connectivity index (χ2n) is 9.75. The van der Waals surface area contributed by atoms with Crippen molar-refractivity contribution in [3.8, 4) is 0 Å². The number of aromatic nitrogens is 2. The van der Waals surface area contributed by atoms with Crippen LogP contribution in [0.2, 0.25) is 0 Å². The van der Waals surface area contributed by atoms with Gasteiger partial charge in [-0.05, 0) is 88.0 Å². The highest BCUT2D eigenvalue weighted by Gasteiger charge is 2.48. The predicted molar refractivity (Wildman–Crippen MR) is 124 cm³/mol. The van der Waals surface area contributed by atoms with Crippen LogP contribution in [0.5, 0.6) is 0 Å². The Morgan fingerprint density at radius 2 is 1.74 bits per heavy atom. The van der Waals surface area contributed by atoms with Crippen molar-refractivity contribution in [1.29, 1.82) is 0 Å². The van der Waals surface area contributed by atoms with Crippen molar-refractivity contribution in [3.05, 3.63) is 47.5 Å². The molecule has 182 valence electrons. The Bertz CT molecular complexity index is 1080. The fourth-order valence-corrected chi connectivity index (χ4v) is 4.60. The Hall–Kier alpha value is -3.23. The molecule has 2 atom stereocenters. The molecule has 2 aliphatic carbocycles. The van der Waals surface area contributed by atoms with Crippen molar-refractivity contribution >= 4 is 23.5 Å². The molecule has 0 bridgehead atoms. The summed E-state index contributed by atoms with van der Waals surface area (Å²) < 4.78 is 16.4. The number of nitrogens with zero attached hydrogens (tertiary/aromatic N) is 2. The van der Waals surface area contributed by atoms with Gasteiger partial charge in [-0.15, -0.1) is 0 Å². The largest absolute Gasteiger partial charge is 0.481 e. The van der Waals surface area contributed by atoms with E-state index in [9.17, 15) is 18.8 Å². The first-order valence-electron chi connectivity index (χ1n) is 11.8. The highest BCUT2D eigenvalue weighted by Crippen LogP contribution is 2.51. The Labute approximate surface area is 197 Å². The maximum Gasteiger partial charge on any atom is 0.310 e. The lowest BCUT2D eigenvalue weighted by Crippen LogP contribution is -2.50. The molecule has 2 amide bonds. The summed E-state index contributed by atoms with van der Waals surface area (Å²) in [4.78, 5) is 37.8. The first-order chi connectivity index (χ1) is 16.2. The molecular weight excluding hydrogens is 439 g/mol. The molecule has 2 unspecified atom stereocenters. The molecule has 2 fully saturated rings. The van der Waals surface area contributed by atoms with Crippen LogP contribution in [0.25, 0.3) is 0 Å². The van der Waals surface area contributed by atoms with Crippen LogP contribution in [-0.2, 0) is 9.59 Å². The molecule has 2 aliphatic rings. The fourth-order valence-electron chi connectivity index (χ4n) is 4.60. The van der Waals surface area contributed by atoms with Crippen LogP contribution in [0.1, 0.15) is 74.5 Å². The molecule has 1 heterocycles. The average molecular weight is 471 g/mol. The van der Waals surface area contributed by atoms with Gasteiger partial charge in [-0.3, -0.25) is 19.1 Å². The van der Waals surface area contributed by atoms with Gasteiger partial charge in [0.2, 0.25) is 5.91 Å². The maximum atomic E-state index is 14.8. The SMILES string of the molecule is CC(C(=O)O)c1ccc(NC(=O)C(NC(=O)c2ccnn2C(C)C)C(C2CC2)C2CC2)c(F)c1. The van der Waals surface area contributed by atoms with Crippen LogP contribution in [0.3, 0.4) is 0 Å². The van der Waals surface area contributed by atoms with Gasteiger partial charge in [0.05, 0.1) is 11.6 Å². The van der Waals surface area contributed by atoms with Gasteiger partial charge < -0.3 is 15.7 Å². The highest BCUT2D eigenvalue weighted by molar-refractivity contribution is 6.01. The van der Waals surface area contributed by atoms with E-state index < -0.39 is 29.7 Å². The minimum absolute atomic E-state index is 0.00580. The first-order valence-corrected chi connectivity index (χ1v) is 11.8. The number of halogens is 1. The van der Waals surface area contributed by atoms with Crippen LogP contribution >= 0.6 is 0 Å². The number of hydrogen-bond acceptors (Lipinski definition) is 4. The molecule has 1 aromatic heterocycles. The van der Waals surface area contributed by atoms with E-state index in [1.54, 1.807) is 16.9 Å². The summed E-state index contributed by atoms with van der Waals surface area (Å²) in [5.41, 5.74) is 0.642. The summed E-state index contributed by atoms with van der Waals surface area (Å²) in [7, 11) is 0. The van der Waals surface area contributed by atoms with Gasteiger partial charge in [-0.2, -0.15) is 5.10 Å². The standard InChI is InChI=1S/C25H31FN4O4/c1-13(2)30-20(10-11-27-30)23(31)29-22(21(15-4-5-15)16-6-7-16)24(32)28-19-9-8-17(12-18(19)26)14(3)25(33)34/h8-16,21-22H,4-7H2,1-3H3,(H,28,32)(H,29,31)(H,33,34). The number of anilines is 1. The summed E-state index contributed by atoms with van der Waals surface area (Å²) in [5.74, 6) is -2.77. The predicted octanol–water partition coefficient (Wildman–Crippen LogP) is 3.96. The average Bonchev–Trinajstić information content (AvgIpc) is 3.73. The van der Waals surface area contributed by atoms with Crippen LogP contribution < -0.4 is 10.6 Å². The van der Waals surface area contributed by atoms with Crippen LogP contribution in [0, 0.1) is 23.6 Å². The molecule has 9 heteroatoms. The zero-order chi connectivity index (χ0) is 24.6. The quantitative estimate of drug-likeness (QED) is 0.486. The van der Waals surface area contributed by atoms with Gasteiger partial charge in [0.25, 0.3) is 5.91 Å². The van der Waals surface area contributed by atoms with E-state index in [2.05, 4.69) is 15.7 Å². The lowest BCUT2D eigenvalue weighted by molar-refractivity contribution is -0.138. The van der Waals surface area contributed by atoms with Crippen LogP contribution in [-0.4, -0.2) is 38.7 Å². The fraction of sp³-hybridized carbons (Fsp3) is 0.520. The zero-order valence-electron chi connectivity index (χ0n) is 19.6. The lowest BCUT2D eigenvalue weighted by Gasteiger charge is -2.28. The molecule has 2 saturated carbocycles. The molecule has 0 aliphatic heterocycles. The summed E-state index contributed by atoms with van der Waals surface area (Å²) in [6, 6.07) is 4.79. The number of carboxylic acid groups (broad SMARTS) is 1. The van der Waals surface area contributed by atoms with E-state index in [0.717, 1.165) is 31.7 Å². The summed E-state index contributed by atoms with van der Waals surface area (Å²) >= 11 is 0. The Kier molecular flexibility index (Phi) is 6.72. The van der Waals surface area contributed by atoms with Crippen molar-refractivity contribution in [2.75, 3.05) is 5.32 Å². The Morgan fingerprint density at radius 1 is 1.09 bits per heavy atom. The number of benzene rings is 1. The molecule has 3 N–H and O–H groups in total. The topological polar surface area (TPSA) is 113 Å². The van der Waals surface area contributed by atoms with Crippen molar-refractivity contribution in [3.63, 3.8) is 0 Å². The monoisotopic (exact) mass is 470 g/mol. The number of carbonyl (C=O) groups is 3. The van der Waals surface area contributed by atoms with Gasteiger partial charge >= 0.3 is 5.97 Å².